The van der Waals surface area contributed by atoms with Crippen LogP contribution in [0.1, 0.15) is 24.2 Å². The summed E-state index contributed by atoms with van der Waals surface area (Å²) >= 11 is 0. The van der Waals surface area contributed by atoms with Crippen molar-refractivity contribution in [3.8, 4) is 17.0 Å². The number of aryl methyl sites for hydroxylation is 1. The molecule has 1 fully saturated rings. The molecule has 0 unspecified atom stereocenters. The van der Waals surface area contributed by atoms with Crippen LogP contribution in [0, 0.1) is 12.3 Å². The first-order valence-electron chi connectivity index (χ1n) is 12.6. The first-order chi connectivity index (χ1) is 18.1. The van der Waals surface area contributed by atoms with Crippen molar-refractivity contribution in [3.63, 3.8) is 0 Å². The smallest absolute Gasteiger partial charge is 0.143 e. The van der Waals surface area contributed by atoms with E-state index in [1.54, 1.807) is 7.11 Å². The number of hydrogen-bond acceptors (Lipinski definition) is 7. The molecular weight excluding hydrogens is 462 g/mol. The molecule has 0 atom stereocenters. The molecule has 2 aromatic carbocycles. The monoisotopic (exact) mass is 495 g/mol. The maximum absolute atomic E-state index is 7.96. The van der Waals surface area contributed by atoms with E-state index in [9.17, 15) is 0 Å². The molecule has 1 saturated heterocycles. The zero-order valence-electron chi connectivity index (χ0n) is 21.5. The largest absolute Gasteiger partial charge is 0.495 e. The zero-order chi connectivity index (χ0) is 25.8. The van der Waals surface area contributed by atoms with E-state index in [2.05, 4.69) is 48.7 Å². The number of anilines is 2. The van der Waals surface area contributed by atoms with Crippen LogP contribution in [0.25, 0.3) is 27.6 Å². The summed E-state index contributed by atoms with van der Waals surface area (Å²) in [5, 5.41) is 20.3. The number of nitrogens with one attached hydrogen (secondary N) is 4. The second-order valence-electron chi connectivity index (χ2n) is 9.36. The molecule has 5 rings (SSSR count). The number of piperidine rings is 1. The third-order valence-corrected chi connectivity index (χ3v) is 7.00. The summed E-state index contributed by atoms with van der Waals surface area (Å²) in [6.07, 6.45) is 9.30. The Labute approximate surface area is 217 Å². The Morgan fingerprint density at radius 3 is 2.65 bits per heavy atom. The number of fused-ring (bicyclic) bond motifs is 1. The highest BCUT2D eigenvalue weighted by Gasteiger charge is 2.13. The summed E-state index contributed by atoms with van der Waals surface area (Å²) in [6, 6.07) is 14.7. The summed E-state index contributed by atoms with van der Waals surface area (Å²) in [5.74, 6) is 2.41. The van der Waals surface area contributed by atoms with Crippen LogP contribution in [0.3, 0.4) is 0 Å². The molecule has 37 heavy (non-hydrogen) atoms. The highest BCUT2D eigenvalue weighted by molar-refractivity contribution is 6.09. The average molecular weight is 496 g/mol. The molecule has 0 saturated carbocycles. The van der Waals surface area contributed by atoms with Gasteiger partial charge in [-0.05, 0) is 68.1 Å². The van der Waals surface area contributed by atoms with E-state index >= 15 is 0 Å². The highest BCUT2D eigenvalue weighted by Crippen LogP contribution is 2.33. The van der Waals surface area contributed by atoms with Gasteiger partial charge in [-0.25, -0.2) is 9.97 Å². The lowest BCUT2D eigenvalue weighted by molar-refractivity contribution is 0.417. The lowest BCUT2D eigenvalue weighted by atomic mass is 10.0. The molecule has 0 spiro atoms. The van der Waals surface area contributed by atoms with Gasteiger partial charge in [0.05, 0.1) is 24.7 Å². The van der Waals surface area contributed by atoms with Crippen LogP contribution < -0.4 is 20.7 Å². The van der Waals surface area contributed by atoms with Crippen LogP contribution in [0.5, 0.6) is 5.75 Å². The van der Waals surface area contributed by atoms with Gasteiger partial charge >= 0.3 is 0 Å². The summed E-state index contributed by atoms with van der Waals surface area (Å²) in [6.45, 7) is 4.04. The molecule has 4 N–H and O–H groups in total. The van der Waals surface area contributed by atoms with Crippen molar-refractivity contribution in [2.75, 3.05) is 25.5 Å². The van der Waals surface area contributed by atoms with Gasteiger partial charge in [-0.1, -0.05) is 18.2 Å². The van der Waals surface area contributed by atoms with E-state index in [1.807, 2.05) is 56.8 Å². The van der Waals surface area contributed by atoms with Gasteiger partial charge < -0.3 is 30.7 Å². The topological polar surface area (TPSA) is 99.9 Å². The van der Waals surface area contributed by atoms with Crippen molar-refractivity contribution >= 4 is 34.1 Å². The molecule has 0 bridgehead atoms. The zero-order valence-corrected chi connectivity index (χ0v) is 21.5. The number of pyridine rings is 1. The molecule has 0 amide bonds. The molecule has 1 aliphatic heterocycles. The molecule has 2 aromatic heterocycles. The van der Waals surface area contributed by atoms with Crippen molar-refractivity contribution in [1.82, 2.24) is 25.2 Å². The molecule has 0 radical (unpaired) electrons. The second-order valence-corrected chi connectivity index (χ2v) is 9.36. The summed E-state index contributed by atoms with van der Waals surface area (Å²) in [5.41, 5.74) is 4.75. The van der Waals surface area contributed by atoms with Crippen LogP contribution in [-0.2, 0) is 7.05 Å². The van der Waals surface area contributed by atoms with E-state index in [4.69, 9.17) is 10.1 Å². The maximum Gasteiger partial charge on any atom is 0.143 e. The molecular formula is C29H33N7O. The Balaban J connectivity index is 1.39. The Bertz CT molecular complexity index is 1450. The molecule has 1 aliphatic rings. The molecule has 3 heterocycles. The van der Waals surface area contributed by atoms with Crippen molar-refractivity contribution < 1.29 is 4.74 Å². The SMILES string of the molecule is COc1cc(-c2cnc(C)n2C)ccc1Nc1cc2cc(/C(C=N)=C/NC3CCNCC3)ccc2cn1. The minimum Gasteiger partial charge on any atom is -0.495 e. The number of imidazole rings is 1. The number of ether oxygens (including phenoxy) is 1. The third-order valence-electron chi connectivity index (χ3n) is 7.00. The first-order valence-corrected chi connectivity index (χ1v) is 12.6. The number of rotatable bonds is 8. The van der Waals surface area contributed by atoms with Crippen LogP contribution in [0.2, 0.25) is 0 Å². The number of allylic oxidation sites excluding steroid dienone is 1. The van der Waals surface area contributed by atoms with Crippen LogP contribution in [0.15, 0.2) is 61.1 Å². The van der Waals surface area contributed by atoms with E-state index in [-0.39, 0.29) is 0 Å². The quantitative estimate of drug-likeness (QED) is 0.256. The van der Waals surface area contributed by atoms with Crippen molar-refractivity contribution in [3.05, 3.63) is 72.4 Å². The Kier molecular flexibility index (Phi) is 7.18. The van der Waals surface area contributed by atoms with E-state index in [0.717, 1.165) is 82.2 Å². The highest BCUT2D eigenvalue weighted by atomic mass is 16.5. The summed E-state index contributed by atoms with van der Waals surface area (Å²) in [7, 11) is 3.67. The van der Waals surface area contributed by atoms with Gasteiger partial charge in [0.1, 0.15) is 17.4 Å². The predicted molar refractivity (Wildman–Crippen MR) is 151 cm³/mol. The Morgan fingerprint density at radius 2 is 1.92 bits per heavy atom. The Hall–Kier alpha value is -4.17. The molecule has 190 valence electrons. The fraction of sp³-hybridized carbons (Fsp3) is 0.276. The van der Waals surface area contributed by atoms with Crippen LogP contribution in [-0.4, -0.2) is 47.0 Å². The number of nitrogens with zero attached hydrogens (tertiary/aromatic N) is 3. The molecule has 8 nitrogen and oxygen atoms in total. The second kappa shape index (κ2) is 10.8. The standard InChI is InChI=1S/C29H33N7O/c1-19-32-18-27(36(19)2)21-6-7-26(28(13-21)37-3)35-29-14-23-12-20(4-5-22(23)16-34-29)24(15-30)17-33-25-8-10-31-11-9-25/h4-7,12-18,25,30-31,33H,8-11H2,1-3H3,(H,34,35)/b24-17+,30-15?. The van der Waals surface area contributed by atoms with Crippen molar-refractivity contribution in [1.29, 1.82) is 5.41 Å². The van der Waals surface area contributed by atoms with E-state index in [1.165, 1.54) is 6.21 Å². The van der Waals surface area contributed by atoms with E-state index in [0.29, 0.717) is 6.04 Å². The minimum atomic E-state index is 0.444. The minimum absolute atomic E-state index is 0.444. The number of benzene rings is 2. The molecule has 8 heteroatoms. The van der Waals surface area contributed by atoms with Crippen LogP contribution in [0.4, 0.5) is 11.5 Å². The van der Waals surface area contributed by atoms with Gasteiger partial charge in [0.2, 0.25) is 0 Å². The fourth-order valence-corrected chi connectivity index (χ4v) is 4.66. The number of hydrogen-bond donors (Lipinski definition) is 4. The van der Waals surface area contributed by atoms with E-state index < -0.39 is 0 Å². The third kappa shape index (κ3) is 5.34. The summed E-state index contributed by atoms with van der Waals surface area (Å²) < 4.78 is 7.75. The van der Waals surface area contributed by atoms with Gasteiger partial charge in [-0.15, -0.1) is 0 Å². The summed E-state index contributed by atoms with van der Waals surface area (Å²) in [4.78, 5) is 9.01. The number of methoxy groups -OCH3 is 1. The van der Waals surface area contributed by atoms with Gasteiger partial charge in [0, 0.05) is 48.2 Å². The van der Waals surface area contributed by atoms with Crippen molar-refractivity contribution in [2.24, 2.45) is 7.05 Å². The maximum atomic E-state index is 7.96. The molecule has 4 aromatic rings. The number of aromatic nitrogens is 3. The Morgan fingerprint density at radius 1 is 1.08 bits per heavy atom. The van der Waals surface area contributed by atoms with Gasteiger partial charge in [-0.3, -0.25) is 0 Å². The van der Waals surface area contributed by atoms with Gasteiger partial charge in [-0.2, -0.15) is 0 Å². The first kappa shape index (κ1) is 24.5. The van der Waals surface area contributed by atoms with Gasteiger partial charge in [0.15, 0.2) is 0 Å². The average Bonchev–Trinajstić information content (AvgIpc) is 3.27. The molecule has 0 aliphatic carbocycles. The lowest BCUT2D eigenvalue weighted by Gasteiger charge is -2.23. The lowest BCUT2D eigenvalue weighted by Crippen LogP contribution is -2.37. The fourth-order valence-electron chi connectivity index (χ4n) is 4.66. The van der Waals surface area contributed by atoms with Gasteiger partial charge in [0.25, 0.3) is 0 Å². The predicted octanol–water partition coefficient (Wildman–Crippen LogP) is 5.03. The normalized spacial score (nSPS) is 14.5. The van der Waals surface area contributed by atoms with Crippen molar-refractivity contribution in [2.45, 2.75) is 25.8 Å². The van der Waals surface area contributed by atoms with Crippen LogP contribution >= 0.6 is 0 Å².